The number of benzene rings is 8. The van der Waals surface area contributed by atoms with Crippen molar-refractivity contribution in [2.24, 2.45) is 0 Å². The zero-order valence-corrected chi connectivity index (χ0v) is 25.9. The van der Waals surface area contributed by atoms with Gasteiger partial charge in [-0.2, -0.15) is 0 Å². The van der Waals surface area contributed by atoms with Gasteiger partial charge in [0.1, 0.15) is 0 Å². The van der Waals surface area contributed by atoms with Crippen LogP contribution in [0.25, 0.3) is 82.1 Å². The number of fused-ring (bicyclic) bond motifs is 12. The van der Waals surface area contributed by atoms with Crippen molar-refractivity contribution in [3.63, 3.8) is 0 Å². The van der Waals surface area contributed by atoms with Crippen LogP contribution in [0, 0.1) is 0 Å². The molecule has 0 atom stereocenters. The first kappa shape index (κ1) is 25.6. The van der Waals surface area contributed by atoms with E-state index in [1.807, 2.05) is 0 Å². The van der Waals surface area contributed by atoms with Crippen LogP contribution >= 0.6 is 0 Å². The van der Waals surface area contributed by atoms with Crippen molar-refractivity contribution in [2.75, 3.05) is 0 Å². The van der Waals surface area contributed by atoms with Crippen LogP contribution in [-0.4, -0.2) is 4.57 Å². The van der Waals surface area contributed by atoms with Gasteiger partial charge in [0.15, 0.2) is 0 Å². The quantitative estimate of drug-likeness (QED) is 0.178. The van der Waals surface area contributed by atoms with Gasteiger partial charge < -0.3 is 4.57 Å². The summed E-state index contributed by atoms with van der Waals surface area (Å²) in [7, 11) is 0. The lowest BCUT2D eigenvalue weighted by Crippen LogP contribution is -2.14. The molecule has 1 aliphatic carbocycles. The second kappa shape index (κ2) is 9.19. The van der Waals surface area contributed by atoms with Crippen LogP contribution in [0.15, 0.2) is 152 Å². The molecule has 1 heterocycles. The average Bonchev–Trinajstić information content (AvgIpc) is 3.55. The first-order chi connectivity index (χ1) is 22.6. The van der Waals surface area contributed by atoms with Gasteiger partial charge in [-0.15, -0.1) is 0 Å². The Labute approximate surface area is 268 Å². The van der Waals surface area contributed by atoms with E-state index < -0.39 is 0 Å². The van der Waals surface area contributed by atoms with Crippen LogP contribution in [0.1, 0.15) is 25.0 Å². The Morgan fingerprint density at radius 2 is 0.978 bits per heavy atom. The fraction of sp³-hybridized carbons (Fsp3) is 0.0667. The molecule has 9 aromatic rings. The van der Waals surface area contributed by atoms with Gasteiger partial charge >= 0.3 is 0 Å². The Bertz CT molecular complexity index is 2690. The predicted octanol–water partition coefficient (Wildman–Crippen LogP) is 12.2. The van der Waals surface area contributed by atoms with E-state index in [9.17, 15) is 0 Å². The maximum absolute atomic E-state index is 2.47. The summed E-state index contributed by atoms with van der Waals surface area (Å²) in [6.07, 6.45) is 0. The summed E-state index contributed by atoms with van der Waals surface area (Å²) in [5.41, 5.74) is 11.6. The molecule has 0 saturated carbocycles. The highest BCUT2D eigenvalue weighted by Gasteiger charge is 2.36. The van der Waals surface area contributed by atoms with E-state index in [-0.39, 0.29) is 5.41 Å². The topological polar surface area (TPSA) is 4.93 Å². The summed E-state index contributed by atoms with van der Waals surface area (Å²) < 4.78 is 2.47. The maximum Gasteiger partial charge on any atom is 0.0544 e. The average molecular weight is 586 g/mol. The fourth-order valence-corrected chi connectivity index (χ4v) is 8.35. The van der Waals surface area contributed by atoms with Crippen LogP contribution in [0.3, 0.4) is 0 Å². The highest BCUT2D eigenvalue weighted by atomic mass is 15.0. The molecule has 1 heteroatoms. The molecule has 0 bridgehead atoms. The van der Waals surface area contributed by atoms with Crippen molar-refractivity contribution in [1.29, 1.82) is 0 Å². The van der Waals surface area contributed by atoms with E-state index in [0.717, 1.165) is 0 Å². The molecule has 0 radical (unpaired) electrons. The lowest BCUT2D eigenvalue weighted by molar-refractivity contribution is 0.661. The first-order valence-electron chi connectivity index (χ1n) is 16.2. The number of hydrogen-bond donors (Lipinski definition) is 0. The van der Waals surface area contributed by atoms with Gasteiger partial charge in [-0.3, -0.25) is 0 Å². The third-order valence-corrected chi connectivity index (χ3v) is 10.6. The maximum atomic E-state index is 2.47. The number of aromatic nitrogens is 1. The fourth-order valence-electron chi connectivity index (χ4n) is 8.35. The van der Waals surface area contributed by atoms with E-state index in [0.29, 0.717) is 0 Å². The van der Waals surface area contributed by atoms with Crippen molar-refractivity contribution in [3.05, 3.63) is 163 Å². The molecule has 0 amide bonds. The van der Waals surface area contributed by atoms with Crippen molar-refractivity contribution in [1.82, 2.24) is 4.57 Å². The monoisotopic (exact) mass is 585 g/mol. The molecule has 1 aromatic heterocycles. The molecule has 0 unspecified atom stereocenters. The zero-order valence-electron chi connectivity index (χ0n) is 25.9. The van der Waals surface area contributed by atoms with Gasteiger partial charge in [0.2, 0.25) is 0 Å². The van der Waals surface area contributed by atoms with Crippen LogP contribution < -0.4 is 0 Å². The second-order valence-electron chi connectivity index (χ2n) is 13.3. The molecule has 0 spiro atoms. The summed E-state index contributed by atoms with van der Waals surface area (Å²) in [5.74, 6) is 0. The Hall–Kier alpha value is -5.66. The van der Waals surface area contributed by atoms with E-state index in [2.05, 4.69) is 170 Å². The van der Waals surface area contributed by atoms with Gasteiger partial charge in [0.25, 0.3) is 0 Å². The largest absolute Gasteiger partial charge is 0.309 e. The Morgan fingerprint density at radius 3 is 1.74 bits per heavy atom. The minimum atomic E-state index is -0.0543. The molecule has 8 aromatic carbocycles. The van der Waals surface area contributed by atoms with E-state index in [1.54, 1.807) is 0 Å². The summed E-state index contributed by atoms with van der Waals surface area (Å²) in [5, 5.41) is 10.4. The SMILES string of the molecule is CC1(C)c2ccccc2-c2cc3c4ccccc4n(-c4cccc(-c5ccc6c7ccccc7c7ccccc7c6c5)c4)c3cc21. The second-order valence-corrected chi connectivity index (χ2v) is 13.3. The Morgan fingerprint density at radius 1 is 0.370 bits per heavy atom. The summed E-state index contributed by atoms with van der Waals surface area (Å²) in [6, 6.07) is 56.4. The highest BCUT2D eigenvalue weighted by molar-refractivity contribution is 6.25. The van der Waals surface area contributed by atoms with Gasteiger partial charge in [0.05, 0.1) is 11.0 Å². The van der Waals surface area contributed by atoms with Crippen LogP contribution in [0.5, 0.6) is 0 Å². The number of nitrogens with zero attached hydrogens (tertiary/aromatic N) is 1. The van der Waals surface area contributed by atoms with E-state index in [4.69, 9.17) is 0 Å². The van der Waals surface area contributed by atoms with Crippen LogP contribution in [0.4, 0.5) is 0 Å². The third-order valence-electron chi connectivity index (χ3n) is 10.6. The summed E-state index contributed by atoms with van der Waals surface area (Å²) >= 11 is 0. The predicted molar refractivity (Wildman–Crippen MR) is 196 cm³/mol. The molecular formula is C45H31N. The smallest absolute Gasteiger partial charge is 0.0544 e. The van der Waals surface area contributed by atoms with Crippen LogP contribution in [0.2, 0.25) is 0 Å². The van der Waals surface area contributed by atoms with Crippen molar-refractivity contribution < 1.29 is 0 Å². The van der Waals surface area contributed by atoms with Crippen LogP contribution in [-0.2, 0) is 5.41 Å². The highest BCUT2D eigenvalue weighted by Crippen LogP contribution is 2.51. The minimum absolute atomic E-state index is 0.0543. The van der Waals surface area contributed by atoms with Gasteiger partial charge in [-0.1, -0.05) is 129 Å². The zero-order chi connectivity index (χ0) is 30.6. The molecule has 46 heavy (non-hydrogen) atoms. The van der Waals surface area contributed by atoms with Crippen molar-refractivity contribution in [2.45, 2.75) is 19.3 Å². The molecule has 0 fully saturated rings. The number of para-hydroxylation sites is 1. The number of hydrogen-bond acceptors (Lipinski definition) is 0. The van der Waals surface area contributed by atoms with Crippen molar-refractivity contribution >= 4 is 54.1 Å². The lowest BCUT2D eigenvalue weighted by atomic mass is 9.82. The normalized spacial score (nSPS) is 13.6. The molecule has 0 saturated heterocycles. The molecule has 1 aliphatic rings. The molecule has 0 N–H and O–H groups in total. The van der Waals surface area contributed by atoms with E-state index >= 15 is 0 Å². The Balaban J connectivity index is 1.20. The summed E-state index contributed by atoms with van der Waals surface area (Å²) in [4.78, 5) is 0. The molecule has 216 valence electrons. The standard InChI is InChI=1S/C45H31N/c1-45(2)41-20-9-7-18-36(41)39-26-40-37-19-8-10-21-43(37)46(44(40)27-42(39)45)30-13-11-12-28(24-30)29-22-23-35-33-16-4-3-14-31(33)32-15-5-6-17-34(32)38(35)25-29/h3-27H,1-2H3. The van der Waals surface area contributed by atoms with Gasteiger partial charge in [-0.05, 0) is 102 Å². The third kappa shape index (κ3) is 3.40. The van der Waals surface area contributed by atoms with Crippen molar-refractivity contribution in [3.8, 4) is 27.9 Å². The molecule has 1 nitrogen and oxygen atoms in total. The summed E-state index contributed by atoms with van der Waals surface area (Å²) in [6.45, 7) is 4.73. The minimum Gasteiger partial charge on any atom is -0.309 e. The molecule has 0 aliphatic heterocycles. The van der Waals surface area contributed by atoms with Gasteiger partial charge in [0, 0.05) is 21.9 Å². The van der Waals surface area contributed by atoms with E-state index in [1.165, 1.54) is 93.2 Å². The lowest BCUT2D eigenvalue weighted by Gasteiger charge is -2.21. The molecule has 10 rings (SSSR count). The molecular weight excluding hydrogens is 555 g/mol. The number of rotatable bonds is 2. The van der Waals surface area contributed by atoms with Gasteiger partial charge in [-0.25, -0.2) is 0 Å². The Kier molecular flexibility index (Phi) is 5.12. The first-order valence-corrected chi connectivity index (χ1v) is 16.2.